The summed E-state index contributed by atoms with van der Waals surface area (Å²) in [6.07, 6.45) is 0.0104. The van der Waals surface area contributed by atoms with Crippen LogP contribution < -0.4 is 5.73 Å². The molecule has 4 nitrogen and oxygen atoms in total. The van der Waals surface area contributed by atoms with Gasteiger partial charge in [-0.1, -0.05) is 5.18 Å². The maximum atomic E-state index is 10.2. The van der Waals surface area contributed by atoms with Gasteiger partial charge in [-0.25, -0.2) is 0 Å². The molecule has 0 aromatic heterocycles. The fourth-order valence-electron chi connectivity index (χ4n) is 0.459. The van der Waals surface area contributed by atoms with Crippen molar-refractivity contribution in [1.29, 1.82) is 0 Å². The predicted octanol–water partition coefficient (Wildman–Crippen LogP) is 0.407. The van der Waals surface area contributed by atoms with E-state index >= 15 is 0 Å². The molecular formula is C5H10N2O2. The summed E-state index contributed by atoms with van der Waals surface area (Å²) in [5.74, 6) is -0.500. The second-order valence-corrected chi connectivity index (χ2v) is 2.55. The molecule has 0 fully saturated rings. The molecule has 0 aliphatic rings. The van der Waals surface area contributed by atoms with Gasteiger partial charge in [-0.3, -0.25) is 4.79 Å². The molecule has 0 aromatic carbocycles. The lowest BCUT2D eigenvalue weighted by Gasteiger charge is -2.10. The summed E-state index contributed by atoms with van der Waals surface area (Å²) in [6.45, 7) is 3.12. The van der Waals surface area contributed by atoms with Gasteiger partial charge in [-0.05, 0) is 13.8 Å². The van der Waals surface area contributed by atoms with E-state index in [9.17, 15) is 9.70 Å². The number of nitrogens with two attached hydrogens (primary N) is 1. The van der Waals surface area contributed by atoms with Crippen molar-refractivity contribution < 1.29 is 4.79 Å². The zero-order valence-electron chi connectivity index (χ0n) is 5.55. The number of carbonyl (C=O) groups is 1. The number of amides is 1. The fraction of sp³-hybridized carbons (Fsp3) is 0.800. The first-order valence-corrected chi connectivity index (χ1v) is 2.61. The smallest absolute Gasteiger partial charge is 0.219 e. The molecule has 0 unspecified atom stereocenters. The van der Waals surface area contributed by atoms with Crippen molar-refractivity contribution in [3.05, 3.63) is 4.91 Å². The second kappa shape index (κ2) is 2.57. The molecule has 0 radical (unpaired) electrons. The Hall–Kier alpha value is -0.930. The van der Waals surface area contributed by atoms with Crippen molar-refractivity contribution in [2.45, 2.75) is 25.8 Å². The van der Waals surface area contributed by atoms with E-state index in [0.29, 0.717) is 0 Å². The standard InChI is InChI=1S/C5H10N2O2/c1-5(2,7-9)3-4(6)8/h3H2,1-2H3,(H2,6,8). The number of nitrogens with zero attached hydrogens (tertiary/aromatic N) is 1. The van der Waals surface area contributed by atoms with Crippen LogP contribution in [0.15, 0.2) is 5.18 Å². The van der Waals surface area contributed by atoms with E-state index in [1.807, 2.05) is 0 Å². The molecule has 2 N–H and O–H groups in total. The van der Waals surface area contributed by atoms with Crippen LogP contribution in [0, 0.1) is 4.91 Å². The summed E-state index contributed by atoms with van der Waals surface area (Å²) in [5, 5.41) is 2.71. The maximum absolute atomic E-state index is 10.2. The molecule has 0 bridgehead atoms. The molecule has 0 aliphatic carbocycles. The average Bonchev–Trinajstić information content (AvgIpc) is 1.63. The van der Waals surface area contributed by atoms with Gasteiger partial charge >= 0.3 is 0 Å². The van der Waals surface area contributed by atoms with E-state index in [1.54, 1.807) is 13.8 Å². The highest BCUT2D eigenvalue weighted by Crippen LogP contribution is 2.11. The van der Waals surface area contributed by atoms with Gasteiger partial charge in [0.05, 0.1) is 6.42 Å². The predicted molar refractivity (Wildman–Crippen MR) is 33.7 cm³/mol. The molecule has 0 spiro atoms. The van der Waals surface area contributed by atoms with Crippen molar-refractivity contribution in [2.24, 2.45) is 10.9 Å². The van der Waals surface area contributed by atoms with Gasteiger partial charge < -0.3 is 5.73 Å². The summed E-state index contributed by atoms with van der Waals surface area (Å²) in [6, 6.07) is 0. The molecule has 0 aliphatic heterocycles. The van der Waals surface area contributed by atoms with E-state index in [4.69, 9.17) is 5.73 Å². The van der Waals surface area contributed by atoms with Crippen molar-refractivity contribution in [3.63, 3.8) is 0 Å². The van der Waals surface area contributed by atoms with Crippen LogP contribution in [-0.2, 0) is 4.79 Å². The molecule has 0 heterocycles. The van der Waals surface area contributed by atoms with E-state index in [1.165, 1.54) is 0 Å². The van der Waals surface area contributed by atoms with Crippen LogP contribution in [0.1, 0.15) is 20.3 Å². The molecule has 0 atom stereocenters. The van der Waals surface area contributed by atoms with E-state index in [2.05, 4.69) is 5.18 Å². The van der Waals surface area contributed by atoms with Crippen molar-refractivity contribution >= 4 is 5.91 Å². The lowest BCUT2D eigenvalue weighted by atomic mass is 10.0. The molecule has 52 valence electrons. The summed E-state index contributed by atoms with van der Waals surface area (Å²) in [5.41, 5.74) is 3.97. The zero-order chi connectivity index (χ0) is 7.49. The Kier molecular flexibility index (Phi) is 2.30. The topological polar surface area (TPSA) is 72.5 Å². The largest absolute Gasteiger partial charge is 0.370 e. The Bertz CT molecular complexity index is 131. The van der Waals surface area contributed by atoms with Gasteiger partial charge in [0.25, 0.3) is 0 Å². The quantitative estimate of drug-likeness (QED) is 0.562. The minimum Gasteiger partial charge on any atom is -0.370 e. The summed E-state index contributed by atoms with van der Waals surface area (Å²) in [7, 11) is 0. The second-order valence-electron chi connectivity index (χ2n) is 2.55. The monoisotopic (exact) mass is 130 g/mol. The number of carbonyl (C=O) groups excluding carboxylic acids is 1. The van der Waals surface area contributed by atoms with Crippen molar-refractivity contribution in [1.82, 2.24) is 0 Å². The third-order valence-electron chi connectivity index (χ3n) is 0.854. The van der Waals surface area contributed by atoms with Crippen LogP contribution in [0.5, 0.6) is 0 Å². The number of primary amides is 1. The molecule has 0 aromatic rings. The molecular weight excluding hydrogens is 120 g/mol. The van der Waals surface area contributed by atoms with E-state index < -0.39 is 11.4 Å². The first-order chi connectivity index (χ1) is 3.98. The van der Waals surface area contributed by atoms with Gasteiger partial charge in [0, 0.05) is 0 Å². The number of hydrogen-bond acceptors (Lipinski definition) is 3. The Morgan fingerprint density at radius 3 is 2.22 bits per heavy atom. The van der Waals surface area contributed by atoms with Crippen LogP contribution in [-0.4, -0.2) is 11.4 Å². The third-order valence-corrected chi connectivity index (χ3v) is 0.854. The number of nitroso groups, excluding NO2 is 1. The fourth-order valence-corrected chi connectivity index (χ4v) is 0.459. The van der Waals surface area contributed by atoms with Crippen molar-refractivity contribution in [3.8, 4) is 0 Å². The molecule has 9 heavy (non-hydrogen) atoms. The Morgan fingerprint density at radius 1 is 1.67 bits per heavy atom. The normalized spacial score (nSPS) is 10.9. The van der Waals surface area contributed by atoms with E-state index in [0.717, 1.165) is 0 Å². The minimum atomic E-state index is -0.841. The first-order valence-electron chi connectivity index (χ1n) is 2.61. The van der Waals surface area contributed by atoms with Gasteiger partial charge in [-0.15, -0.1) is 0 Å². The minimum absolute atomic E-state index is 0.0104. The van der Waals surface area contributed by atoms with Crippen LogP contribution in [0.2, 0.25) is 0 Å². The third kappa shape index (κ3) is 3.64. The lowest BCUT2D eigenvalue weighted by Crippen LogP contribution is -2.25. The van der Waals surface area contributed by atoms with Crippen LogP contribution >= 0.6 is 0 Å². The average molecular weight is 130 g/mol. The summed E-state index contributed by atoms with van der Waals surface area (Å²) < 4.78 is 0. The summed E-state index contributed by atoms with van der Waals surface area (Å²) in [4.78, 5) is 20.1. The van der Waals surface area contributed by atoms with E-state index in [-0.39, 0.29) is 6.42 Å². The van der Waals surface area contributed by atoms with Crippen LogP contribution in [0.4, 0.5) is 0 Å². The van der Waals surface area contributed by atoms with Crippen LogP contribution in [0.3, 0.4) is 0 Å². The molecule has 1 amide bonds. The SMILES string of the molecule is CC(C)(CC(N)=O)N=O. The van der Waals surface area contributed by atoms with Gasteiger partial charge in [0.15, 0.2) is 0 Å². The number of hydrogen-bond donors (Lipinski definition) is 1. The molecule has 4 heteroatoms. The van der Waals surface area contributed by atoms with Gasteiger partial charge in [0.2, 0.25) is 5.91 Å². The van der Waals surface area contributed by atoms with Crippen LogP contribution in [0.25, 0.3) is 0 Å². The Morgan fingerprint density at radius 2 is 2.11 bits per heavy atom. The van der Waals surface area contributed by atoms with Gasteiger partial charge in [-0.2, -0.15) is 4.91 Å². The first kappa shape index (κ1) is 8.07. The highest BCUT2D eigenvalue weighted by atomic mass is 16.3. The number of rotatable bonds is 3. The highest BCUT2D eigenvalue weighted by Gasteiger charge is 2.20. The Labute approximate surface area is 53.4 Å². The van der Waals surface area contributed by atoms with Gasteiger partial charge in [0.1, 0.15) is 5.54 Å². The highest BCUT2D eigenvalue weighted by molar-refractivity contribution is 5.74. The molecule has 0 saturated heterocycles. The lowest BCUT2D eigenvalue weighted by molar-refractivity contribution is -0.118. The van der Waals surface area contributed by atoms with Crippen molar-refractivity contribution in [2.75, 3.05) is 0 Å². The zero-order valence-corrected chi connectivity index (χ0v) is 5.55. The Balaban J connectivity index is 3.86. The molecule has 0 rings (SSSR count). The maximum Gasteiger partial charge on any atom is 0.219 e. The molecule has 0 saturated carbocycles. The summed E-state index contributed by atoms with van der Waals surface area (Å²) >= 11 is 0.